The second-order valence-corrected chi connectivity index (χ2v) is 3.00. The molecule has 1 rings (SSSR count). The number of hydrogen-bond donors (Lipinski definition) is 1. The van der Waals surface area contributed by atoms with E-state index in [0.29, 0.717) is 0 Å². The van der Waals surface area contributed by atoms with E-state index in [4.69, 9.17) is 11.6 Å². The fraction of sp³-hybridized carbons (Fsp3) is 1.00. The van der Waals surface area contributed by atoms with E-state index in [-0.39, 0.29) is 0 Å². The molecule has 0 aliphatic carbocycles. The van der Waals surface area contributed by atoms with Crippen LogP contribution in [0, 0.1) is 0 Å². The zero-order valence-corrected chi connectivity index (χ0v) is 6.45. The smallest absolute Gasteiger partial charge is 0.0224 e. The molecule has 9 heavy (non-hydrogen) atoms. The molecular weight excluding hydrogens is 134 g/mol. The van der Waals surface area contributed by atoms with Crippen molar-refractivity contribution in [3.8, 4) is 0 Å². The van der Waals surface area contributed by atoms with Crippen LogP contribution in [0.3, 0.4) is 0 Å². The largest absolute Gasteiger partial charge is 0.314 e. The summed E-state index contributed by atoms with van der Waals surface area (Å²) in [6.07, 6.45) is 5.15. The molecule has 0 bridgehead atoms. The van der Waals surface area contributed by atoms with Crippen LogP contribution < -0.4 is 5.32 Å². The number of halogens is 1. The Kier molecular flexibility index (Phi) is 3.37. The Labute approximate surface area is 61.8 Å². The monoisotopic (exact) mass is 147 g/mol. The first-order chi connectivity index (χ1) is 4.43. The van der Waals surface area contributed by atoms with E-state index in [2.05, 4.69) is 5.32 Å². The lowest BCUT2D eigenvalue weighted by Gasteiger charge is -2.06. The highest BCUT2D eigenvalue weighted by Crippen LogP contribution is 2.10. The van der Waals surface area contributed by atoms with Crippen LogP contribution in [-0.4, -0.2) is 18.5 Å². The van der Waals surface area contributed by atoms with Gasteiger partial charge in [-0.1, -0.05) is 0 Å². The third-order valence-corrected chi connectivity index (χ3v) is 2.12. The minimum Gasteiger partial charge on any atom is -0.314 e. The van der Waals surface area contributed by atoms with Gasteiger partial charge in [-0.05, 0) is 32.2 Å². The molecule has 1 aliphatic heterocycles. The fourth-order valence-electron chi connectivity index (χ4n) is 1.33. The van der Waals surface area contributed by atoms with E-state index in [9.17, 15) is 0 Å². The van der Waals surface area contributed by atoms with Gasteiger partial charge in [0.15, 0.2) is 0 Å². The van der Waals surface area contributed by atoms with Crippen LogP contribution >= 0.6 is 11.6 Å². The molecule has 1 fully saturated rings. The molecule has 1 aliphatic rings. The van der Waals surface area contributed by atoms with E-state index < -0.39 is 0 Å². The highest BCUT2D eigenvalue weighted by Gasteiger charge is 2.11. The highest BCUT2D eigenvalue weighted by molar-refractivity contribution is 6.17. The molecule has 1 N–H and O–H groups in total. The first-order valence-electron chi connectivity index (χ1n) is 3.73. The Morgan fingerprint density at radius 2 is 2.44 bits per heavy atom. The van der Waals surface area contributed by atoms with E-state index in [0.717, 1.165) is 11.9 Å². The summed E-state index contributed by atoms with van der Waals surface area (Å²) < 4.78 is 0. The van der Waals surface area contributed by atoms with Crippen molar-refractivity contribution in [3.63, 3.8) is 0 Å². The molecule has 2 heteroatoms. The molecule has 0 saturated carbocycles. The zero-order valence-electron chi connectivity index (χ0n) is 5.70. The highest BCUT2D eigenvalue weighted by atomic mass is 35.5. The summed E-state index contributed by atoms with van der Waals surface area (Å²) in [5.41, 5.74) is 0. The molecule has 1 atom stereocenters. The Hall–Kier alpha value is 0.250. The van der Waals surface area contributed by atoms with Gasteiger partial charge in [0.05, 0.1) is 0 Å². The summed E-state index contributed by atoms with van der Waals surface area (Å²) in [4.78, 5) is 0. The SMILES string of the molecule is ClCCCC1CCCN1. The summed E-state index contributed by atoms with van der Waals surface area (Å²) in [6, 6.07) is 0.781. The van der Waals surface area contributed by atoms with Crippen molar-refractivity contribution >= 4 is 11.6 Å². The third kappa shape index (κ3) is 2.55. The number of alkyl halides is 1. The topological polar surface area (TPSA) is 12.0 Å². The Bertz CT molecular complexity index is 69.3. The van der Waals surface area contributed by atoms with Crippen LogP contribution in [0.25, 0.3) is 0 Å². The lowest BCUT2D eigenvalue weighted by molar-refractivity contribution is 0.553. The molecule has 54 valence electrons. The maximum absolute atomic E-state index is 5.55. The molecule has 1 unspecified atom stereocenters. The lowest BCUT2D eigenvalue weighted by Crippen LogP contribution is -2.20. The molecule has 1 saturated heterocycles. The quantitative estimate of drug-likeness (QED) is 0.600. The van der Waals surface area contributed by atoms with Crippen molar-refractivity contribution in [2.24, 2.45) is 0 Å². The van der Waals surface area contributed by atoms with Crippen LogP contribution in [-0.2, 0) is 0 Å². The van der Waals surface area contributed by atoms with Gasteiger partial charge < -0.3 is 5.32 Å². The Morgan fingerprint density at radius 1 is 1.56 bits per heavy atom. The van der Waals surface area contributed by atoms with E-state index >= 15 is 0 Å². The maximum atomic E-state index is 5.55. The number of rotatable bonds is 3. The van der Waals surface area contributed by atoms with Crippen molar-refractivity contribution in [3.05, 3.63) is 0 Å². The number of nitrogens with one attached hydrogen (secondary N) is 1. The van der Waals surface area contributed by atoms with Gasteiger partial charge in [-0.15, -0.1) is 11.6 Å². The van der Waals surface area contributed by atoms with E-state index in [1.807, 2.05) is 0 Å². The van der Waals surface area contributed by atoms with Crippen molar-refractivity contribution < 1.29 is 0 Å². The van der Waals surface area contributed by atoms with Crippen molar-refractivity contribution in [1.82, 2.24) is 5.32 Å². The summed E-state index contributed by atoms with van der Waals surface area (Å²) in [7, 11) is 0. The van der Waals surface area contributed by atoms with Gasteiger partial charge >= 0.3 is 0 Å². The van der Waals surface area contributed by atoms with Crippen molar-refractivity contribution in [1.29, 1.82) is 0 Å². The van der Waals surface area contributed by atoms with Gasteiger partial charge in [0.1, 0.15) is 0 Å². The van der Waals surface area contributed by atoms with E-state index in [1.165, 1.54) is 32.2 Å². The third-order valence-electron chi connectivity index (χ3n) is 1.85. The second-order valence-electron chi connectivity index (χ2n) is 2.62. The minimum absolute atomic E-state index is 0.781. The summed E-state index contributed by atoms with van der Waals surface area (Å²) in [5.74, 6) is 0.818. The summed E-state index contributed by atoms with van der Waals surface area (Å²) in [5, 5.41) is 3.43. The standard InChI is InChI=1S/C7H14ClN/c8-5-1-3-7-4-2-6-9-7/h7,9H,1-6H2. The normalized spacial score (nSPS) is 27.0. The summed E-state index contributed by atoms with van der Waals surface area (Å²) in [6.45, 7) is 1.22. The van der Waals surface area contributed by atoms with Crippen molar-refractivity contribution in [2.75, 3.05) is 12.4 Å². The Balaban J connectivity index is 1.98. The van der Waals surface area contributed by atoms with Gasteiger partial charge in [0.25, 0.3) is 0 Å². The van der Waals surface area contributed by atoms with Crippen LogP contribution in [0.1, 0.15) is 25.7 Å². The Morgan fingerprint density at radius 3 is 3.00 bits per heavy atom. The summed E-state index contributed by atoms with van der Waals surface area (Å²) >= 11 is 5.55. The lowest BCUT2D eigenvalue weighted by atomic mass is 10.1. The van der Waals surface area contributed by atoms with Crippen LogP contribution in [0.4, 0.5) is 0 Å². The zero-order chi connectivity index (χ0) is 6.53. The van der Waals surface area contributed by atoms with Crippen LogP contribution in [0.5, 0.6) is 0 Å². The number of hydrogen-bond acceptors (Lipinski definition) is 1. The molecule has 1 nitrogen and oxygen atoms in total. The fourth-order valence-corrected chi connectivity index (χ4v) is 1.48. The maximum Gasteiger partial charge on any atom is 0.0224 e. The molecule has 1 heterocycles. The molecule has 0 aromatic carbocycles. The van der Waals surface area contributed by atoms with Gasteiger partial charge in [-0.2, -0.15) is 0 Å². The first kappa shape index (κ1) is 7.36. The minimum atomic E-state index is 0.781. The van der Waals surface area contributed by atoms with Gasteiger partial charge in [0.2, 0.25) is 0 Å². The molecule has 0 aromatic heterocycles. The van der Waals surface area contributed by atoms with Gasteiger partial charge in [0, 0.05) is 11.9 Å². The molecule has 0 radical (unpaired) electrons. The predicted molar refractivity (Wildman–Crippen MR) is 41.0 cm³/mol. The predicted octanol–water partition coefficient (Wildman–Crippen LogP) is 1.76. The molecule has 0 spiro atoms. The van der Waals surface area contributed by atoms with Gasteiger partial charge in [-0.25, -0.2) is 0 Å². The average Bonchev–Trinajstić information content (AvgIpc) is 2.34. The van der Waals surface area contributed by atoms with Crippen molar-refractivity contribution in [2.45, 2.75) is 31.7 Å². The van der Waals surface area contributed by atoms with Gasteiger partial charge in [-0.3, -0.25) is 0 Å². The molecule has 0 amide bonds. The average molecular weight is 148 g/mol. The molecular formula is C7H14ClN. The van der Waals surface area contributed by atoms with E-state index in [1.54, 1.807) is 0 Å². The molecule has 0 aromatic rings. The second kappa shape index (κ2) is 4.13. The van der Waals surface area contributed by atoms with Crippen LogP contribution in [0.15, 0.2) is 0 Å². The van der Waals surface area contributed by atoms with Crippen LogP contribution in [0.2, 0.25) is 0 Å². The first-order valence-corrected chi connectivity index (χ1v) is 4.26.